The highest BCUT2D eigenvalue weighted by atomic mass is 19.3. The van der Waals surface area contributed by atoms with Crippen LogP contribution in [0.25, 0.3) is 0 Å². The Balaban J connectivity index is 2.68. The van der Waals surface area contributed by atoms with Crippen LogP contribution < -0.4 is 15.8 Å². The summed E-state index contributed by atoms with van der Waals surface area (Å²) < 4.78 is 32.7. The van der Waals surface area contributed by atoms with Crippen LogP contribution in [0, 0.1) is 0 Å². The largest absolute Gasteiger partial charge is 0.497 e. The number of carbonyl (C=O) groups excluding carboxylic acids is 3. The molecule has 0 radical (unpaired) electrons. The summed E-state index contributed by atoms with van der Waals surface area (Å²) in [5.41, 5.74) is 6.70. The van der Waals surface area contributed by atoms with Crippen molar-refractivity contribution in [2.75, 3.05) is 13.7 Å². The van der Waals surface area contributed by atoms with Crippen molar-refractivity contribution in [2.45, 2.75) is 45.0 Å². The number of ketones is 1. The number of nitrogens with two attached hydrogens (primary N) is 1. The first-order chi connectivity index (χ1) is 12.1. The predicted octanol–water partition coefficient (Wildman–Crippen LogP) is 1.95. The number of primary amides is 1. The number of ether oxygens (including phenoxy) is 1. The van der Waals surface area contributed by atoms with E-state index in [9.17, 15) is 23.2 Å². The van der Waals surface area contributed by atoms with E-state index in [1.54, 1.807) is 13.2 Å². The minimum absolute atomic E-state index is 0.0520. The molecule has 6 nitrogen and oxygen atoms in total. The second-order valence-electron chi connectivity index (χ2n) is 6.19. The van der Waals surface area contributed by atoms with Crippen LogP contribution in [0.15, 0.2) is 18.2 Å². The quantitative estimate of drug-likeness (QED) is 0.615. The van der Waals surface area contributed by atoms with E-state index in [0.717, 1.165) is 11.1 Å². The van der Waals surface area contributed by atoms with Crippen molar-refractivity contribution < 1.29 is 27.9 Å². The van der Waals surface area contributed by atoms with Crippen molar-refractivity contribution in [3.8, 4) is 5.75 Å². The highest BCUT2D eigenvalue weighted by Gasteiger charge is 2.46. The molecule has 0 heterocycles. The Bertz CT molecular complexity index is 675. The van der Waals surface area contributed by atoms with Gasteiger partial charge in [-0.1, -0.05) is 19.9 Å². The van der Waals surface area contributed by atoms with Crippen LogP contribution in [0.3, 0.4) is 0 Å². The summed E-state index contributed by atoms with van der Waals surface area (Å²) in [7, 11) is 1.55. The predicted molar refractivity (Wildman–Crippen MR) is 92.2 cm³/mol. The van der Waals surface area contributed by atoms with Crippen molar-refractivity contribution in [1.29, 1.82) is 0 Å². The van der Waals surface area contributed by atoms with Crippen molar-refractivity contribution >= 4 is 17.6 Å². The second kappa shape index (κ2) is 9.26. The monoisotopic (exact) mass is 370 g/mol. The Hall–Kier alpha value is -2.51. The first-order valence-electron chi connectivity index (χ1n) is 8.24. The van der Waals surface area contributed by atoms with Gasteiger partial charge in [0.2, 0.25) is 11.7 Å². The number of Topliss-reactive ketones (excluding diaryl/α,β-unsaturated/α-hetero) is 1. The molecule has 0 aliphatic carbocycles. The van der Waals surface area contributed by atoms with Crippen LogP contribution in [0.1, 0.15) is 43.7 Å². The second-order valence-corrected chi connectivity index (χ2v) is 6.19. The van der Waals surface area contributed by atoms with Crippen molar-refractivity contribution in [2.24, 2.45) is 5.73 Å². The van der Waals surface area contributed by atoms with Gasteiger partial charge >= 0.3 is 5.92 Å². The zero-order valence-electron chi connectivity index (χ0n) is 15.1. The number of hydrogen-bond donors (Lipinski definition) is 2. The molecule has 0 spiro atoms. The van der Waals surface area contributed by atoms with E-state index in [2.05, 4.69) is 5.32 Å². The minimum atomic E-state index is -4.18. The lowest BCUT2D eigenvalue weighted by molar-refractivity contribution is -0.158. The molecule has 0 atom stereocenters. The molecule has 144 valence electrons. The Morgan fingerprint density at radius 2 is 1.88 bits per heavy atom. The number of carbonyl (C=O) groups is 3. The lowest BCUT2D eigenvalue weighted by Crippen LogP contribution is -2.46. The fourth-order valence-corrected chi connectivity index (χ4v) is 2.41. The summed E-state index contributed by atoms with van der Waals surface area (Å²) >= 11 is 0. The Labute approximate surface area is 151 Å². The number of nitrogens with one attached hydrogen (secondary N) is 1. The summed E-state index contributed by atoms with van der Waals surface area (Å²) in [5, 5.41) is 2.08. The van der Waals surface area contributed by atoms with Gasteiger partial charge in [-0.05, 0) is 35.6 Å². The minimum Gasteiger partial charge on any atom is -0.497 e. The smallest absolute Gasteiger partial charge is 0.381 e. The Morgan fingerprint density at radius 3 is 2.42 bits per heavy atom. The topological polar surface area (TPSA) is 98.5 Å². The van der Waals surface area contributed by atoms with Gasteiger partial charge in [0.25, 0.3) is 5.91 Å². The molecule has 0 saturated carbocycles. The summed E-state index contributed by atoms with van der Waals surface area (Å²) in [6.07, 6.45) is -0.966. The van der Waals surface area contributed by atoms with E-state index in [1.165, 1.54) is 0 Å². The average Bonchev–Trinajstić information content (AvgIpc) is 2.59. The molecule has 0 bridgehead atoms. The fraction of sp³-hybridized carbons (Fsp3) is 0.500. The van der Waals surface area contributed by atoms with Crippen LogP contribution in [0.5, 0.6) is 5.75 Å². The van der Waals surface area contributed by atoms with Crippen LogP contribution in [-0.4, -0.2) is 37.2 Å². The normalized spacial score (nSPS) is 11.3. The maximum atomic E-state index is 13.8. The van der Waals surface area contributed by atoms with Gasteiger partial charge in [0, 0.05) is 19.4 Å². The molecular weight excluding hydrogens is 346 g/mol. The molecule has 0 unspecified atom stereocenters. The molecule has 1 aromatic carbocycles. The molecule has 8 heteroatoms. The van der Waals surface area contributed by atoms with Gasteiger partial charge in [-0.3, -0.25) is 14.4 Å². The Kier molecular flexibility index (Phi) is 7.67. The van der Waals surface area contributed by atoms with Crippen molar-refractivity contribution in [1.82, 2.24) is 5.32 Å². The molecule has 0 fully saturated rings. The van der Waals surface area contributed by atoms with Crippen molar-refractivity contribution in [3.63, 3.8) is 0 Å². The van der Waals surface area contributed by atoms with Gasteiger partial charge in [-0.2, -0.15) is 8.78 Å². The van der Waals surface area contributed by atoms with Gasteiger partial charge in [-0.25, -0.2) is 0 Å². The number of hydrogen-bond acceptors (Lipinski definition) is 4. The summed E-state index contributed by atoms with van der Waals surface area (Å²) in [5.74, 6) is -7.49. The summed E-state index contributed by atoms with van der Waals surface area (Å²) in [6, 6.07) is 5.44. The van der Waals surface area contributed by atoms with Crippen LogP contribution >= 0.6 is 0 Å². The maximum Gasteiger partial charge on any atom is 0.381 e. The van der Waals surface area contributed by atoms with Crippen LogP contribution in [-0.2, 0) is 20.8 Å². The van der Waals surface area contributed by atoms with Gasteiger partial charge in [0.15, 0.2) is 0 Å². The lowest BCUT2D eigenvalue weighted by atomic mass is 9.95. The van der Waals surface area contributed by atoms with Gasteiger partial charge in [0.1, 0.15) is 5.75 Å². The number of benzene rings is 1. The first kappa shape index (κ1) is 21.5. The third kappa shape index (κ3) is 5.79. The number of amides is 2. The van der Waals surface area contributed by atoms with Crippen LogP contribution in [0.4, 0.5) is 8.78 Å². The maximum absolute atomic E-state index is 13.8. The van der Waals surface area contributed by atoms with E-state index >= 15 is 0 Å². The number of halogens is 2. The van der Waals surface area contributed by atoms with Crippen LogP contribution in [0.2, 0.25) is 0 Å². The standard InChI is InChI=1S/C18H24F2N2O4/c1-11(2)14-10-13(26-3)5-4-12(14)8-9-22-17(25)18(19,20)15(23)6-7-16(21)24/h4-5,10-11H,6-9H2,1-3H3,(H2,21,24)(H,22,25). The van der Waals surface area contributed by atoms with Crippen molar-refractivity contribution in [3.05, 3.63) is 29.3 Å². The first-order valence-corrected chi connectivity index (χ1v) is 8.24. The number of methoxy groups -OCH3 is 1. The molecule has 1 aromatic rings. The number of alkyl halides is 2. The van der Waals surface area contributed by atoms with Gasteiger partial charge < -0.3 is 15.8 Å². The molecule has 2 amide bonds. The SMILES string of the molecule is COc1ccc(CCNC(=O)C(F)(F)C(=O)CCC(N)=O)c(C(C)C)c1. The molecule has 0 saturated heterocycles. The molecule has 0 aliphatic rings. The molecule has 0 aliphatic heterocycles. The van der Waals surface area contributed by atoms with E-state index in [0.29, 0.717) is 12.2 Å². The summed E-state index contributed by atoms with van der Waals surface area (Å²) in [6.45, 7) is 3.92. The van der Waals surface area contributed by atoms with E-state index in [4.69, 9.17) is 10.5 Å². The zero-order chi connectivity index (χ0) is 19.9. The lowest BCUT2D eigenvalue weighted by Gasteiger charge is -2.17. The highest BCUT2D eigenvalue weighted by Crippen LogP contribution is 2.25. The number of rotatable bonds is 10. The van der Waals surface area contributed by atoms with E-state index in [-0.39, 0.29) is 12.5 Å². The van der Waals surface area contributed by atoms with E-state index in [1.807, 2.05) is 26.0 Å². The molecule has 3 N–H and O–H groups in total. The van der Waals surface area contributed by atoms with E-state index < -0.39 is 36.4 Å². The molecule has 26 heavy (non-hydrogen) atoms. The average molecular weight is 370 g/mol. The fourth-order valence-electron chi connectivity index (χ4n) is 2.41. The molecule has 1 rings (SSSR count). The molecular formula is C18H24F2N2O4. The Morgan fingerprint density at radius 1 is 1.23 bits per heavy atom. The third-order valence-electron chi connectivity index (χ3n) is 3.89. The molecule has 0 aromatic heterocycles. The highest BCUT2D eigenvalue weighted by molar-refractivity contribution is 6.08. The third-order valence-corrected chi connectivity index (χ3v) is 3.89. The van der Waals surface area contributed by atoms with Gasteiger partial charge in [-0.15, -0.1) is 0 Å². The zero-order valence-corrected chi connectivity index (χ0v) is 15.1. The summed E-state index contributed by atoms with van der Waals surface area (Å²) in [4.78, 5) is 33.6. The van der Waals surface area contributed by atoms with Gasteiger partial charge in [0.05, 0.1) is 7.11 Å².